The average Bonchev–Trinajstić information content (AvgIpc) is 3.06. The maximum absolute atomic E-state index is 13.1. The van der Waals surface area contributed by atoms with Crippen molar-refractivity contribution < 1.29 is 24.6 Å². The van der Waals surface area contributed by atoms with Crippen molar-refractivity contribution in [2.75, 3.05) is 4.90 Å². The molecule has 0 aliphatic carbocycles. The standard InChI is InChI=1S/C25H17Cl2NO5/c26-18-11-8-16(13-19(18)27)23(31)21-22(15-4-2-1-3-5-15)28(25(33)24(21)32)17-9-6-14(7-10-17)12-20(29)30/h1-11,13,22,31H,12H2,(H,29,30)/b23-21-. The Balaban J connectivity index is 1.87. The molecule has 1 atom stereocenters. The van der Waals surface area contributed by atoms with Crippen LogP contribution in [0, 0.1) is 0 Å². The van der Waals surface area contributed by atoms with Crippen LogP contribution in [0.2, 0.25) is 10.0 Å². The van der Waals surface area contributed by atoms with E-state index in [9.17, 15) is 19.5 Å². The van der Waals surface area contributed by atoms with Gasteiger partial charge in [-0.15, -0.1) is 0 Å². The molecule has 0 saturated carbocycles. The minimum absolute atomic E-state index is 0.0841. The number of hydrogen-bond acceptors (Lipinski definition) is 4. The molecule has 2 N–H and O–H groups in total. The number of anilines is 1. The van der Waals surface area contributed by atoms with Gasteiger partial charge in [0.1, 0.15) is 5.76 Å². The number of aliphatic hydroxyl groups is 1. The molecule has 6 nitrogen and oxygen atoms in total. The zero-order valence-corrected chi connectivity index (χ0v) is 18.5. The Morgan fingerprint density at radius 1 is 0.879 bits per heavy atom. The van der Waals surface area contributed by atoms with Crippen molar-refractivity contribution in [2.45, 2.75) is 12.5 Å². The molecule has 3 aromatic carbocycles. The zero-order valence-electron chi connectivity index (χ0n) is 17.0. The number of halogens is 2. The van der Waals surface area contributed by atoms with Crippen LogP contribution in [-0.4, -0.2) is 27.9 Å². The van der Waals surface area contributed by atoms with Crippen LogP contribution in [-0.2, 0) is 20.8 Å². The van der Waals surface area contributed by atoms with E-state index in [1.54, 1.807) is 54.6 Å². The predicted molar refractivity (Wildman–Crippen MR) is 125 cm³/mol. The quantitative estimate of drug-likeness (QED) is 0.295. The van der Waals surface area contributed by atoms with Gasteiger partial charge in [-0.3, -0.25) is 19.3 Å². The van der Waals surface area contributed by atoms with E-state index in [1.165, 1.54) is 23.1 Å². The molecule has 1 amide bonds. The highest BCUT2D eigenvalue weighted by atomic mass is 35.5. The van der Waals surface area contributed by atoms with Crippen molar-refractivity contribution in [3.8, 4) is 0 Å². The van der Waals surface area contributed by atoms with E-state index in [0.717, 1.165) is 0 Å². The van der Waals surface area contributed by atoms with Crippen LogP contribution in [0.4, 0.5) is 5.69 Å². The number of carboxylic acids is 1. The highest BCUT2D eigenvalue weighted by Crippen LogP contribution is 2.42. The van der Waals surface area contributed by atoms with E-state index in [4.69, 9.17) is 28.3 Å². The van der Waals surface area contributed by atoms with Gasteiger partial charge in [0.05, 0.1) is 28.1 Å². The van der Waals surface area contributed by atoms with Gasteiger partial charge in [-0.2, -0.15) is 0 Å². The van der Waals surface area contributed by atoms with Crippen molar-refractivity contribution in [1.82, 2.24) is 0 Å². The molecule has 33 heavy (non-hydrogen) atoms. The summed E-state index contributed by atoms with van der Waals surface area (Å²) in [6.07, 6.45) is -0.168. The van der Waals surface area contributed by atoms with Gasteiger partial charge in [0.2, 0.25) is 0 Å². The van der Waals surface area contributed by atoms with Crippen LogP contribution in [0.1, 0.15) is 22.7 Å². The number of carboxylic acid groups (broad SMARTS) is 1. The minimum atomic E-state index is -0.978. The van der Waals surface area contributed by atoms with E-state index in [-0.39, 0.29) is 33.4 Å². The van der Waals surface area contributed by atoms with Gasteiger partial charge in [-0.25, -0.2) is 0 Å². The summed E-state index contributed by atoms with van der Waals surface area (Å²) in [5.74, 6) is -3.00. The molecule has 1 unspecified atom stereocenters. The first-order valence-electron chi connectivity index (χ1n) is 9.90. The van der Waals surface area contributed by atoms with Crippen LogP contribution in [0.3, 0.4) is 0 Å². The number of hydrogen-bond donors (Lipinski definition) is 2. The third kappa shape index (κ3) is 4.35. The number of nitrogens with zero attached hydrogens (tertiary/aromatic N) is 1. The molecule has 0 bridgehead atoms. The van der Waals surface area contributed by atoms with Crippen molar-refractivity contribution in [2.24, 2.45) is 0 Å². The largest absolute Gasteiger partial charge is 0.507 e. The van der Waals surface area contributed by atoms with Crippen molar-refractivity contribution in [3.05, 3.63) is 105 Å². The molecule has 166 valence electrons. The topological polar surface area (TPSA) is 94.9 Å². The van der Waals surface area contributed by atoms with Crippen LogP contribution in [0.25, 0.3) is 5.76 Å². The Labute approximate surface area is 199 Å². The SMILES string of the molecule is O=C(O)Cc1ccc(N2C(=O)C(=O)/C(=C(\O)c3ccc(Cl)c(Cl)c3)C2c2ccccc2)cc1. The fraction of sp³-hybridized carbons (Fsp3) is 0.0800. The molecule has 4 rings (SSSR count). The van der Waals surface area contributed by atoms with E-state index in [0.29, 0.717) is 16.8 Å². The second-order valence-corrected chi connectivity index (χ2v) is 8.26. The van der Waals surface area contributed by atoms with Gasteiger partial charge in [-0.05, 0) is 41.5 Å². The summed E-state index contributed by atoms with van der Waals surface area (Å²) >= 11 is 12.1. The predicted octanol–water partition coefficient (Wildman–Crippen LogP) is 5.25. The molecular formula is C25H17Cl2NO5. The molecule has 3 aromatic rings. The number of aliphatic carboxylic acids is 1. The number of amides is 1. The van der Waals surface area contributed by atoms with E-state index >= 15 is 0 Å². The van der Waals surface area contributed by atoms with Crippen molar-refractivity contribution in [1.29, 1.82) is 0 Å². The number of carbonyl (C=O) groups excluding carboxylic acids is 2. The maximum Gasteiger partial charge on any atom is 0.307 e. The van der Waals surface area contributed by atoms with Crippen molar-refractivity contribution >= 4 is 52.3 Å². The molecule has 1 fully saturated rings. The first-order chi connectivity index (χ1) is 15.8. The lowest BCUT2D eigenvalue weighted by Gasteiger charge is -2.25. The lowest BCUT2D eigenvalue weighted by Crippen LogP contribution is -2.29. The Morgan fingerprint density at radius 2 is 1.55 bits per heavy atom. The summed E-state index contributed by atoms with van der Waals surface area (Å²) in [6.45, 7) is 0. The molecule has 1 aliphatic rings. The zero-order chi connectivity index (χ0) is 23.7. The first kappa shape index (κ1) is 22.6. The fourth-order valence-electron chi connectivity index (χ4n) is 3.80. The summed E-state index contributed by atoms with van der Waals surface area (Å²) < 4.78 is 0. The Morgan fingerprint density at radius 3 is 2.15 bits per heavy atom. The number of ketones is 1. The highest BCUT2D eigenvalue weighted by molar-refractivity contribution is 6.51. The van der Waals surface area contributed by atoms with E-state index < -0.39 is 23.7 Å². The molecule has 1 heterocycles. The molecule has 0 radical (unpaired) electrons. The minimum Gasteiger partial charge on any atom is -0.507 e. The Bertz CT molecular complexity index is 1290. The van der Waals surface area contributed by atoms with Gasteiger partial charge in [0.25, 0.3) is 11.7 Å². The number of aliphatic hydroxyl groups excluding tert-OH is 1. The number of carbonyl (C=O) groups is 3. The fourth-order valence-corrected chi connectivity index (χ4v) is 4.10. The molecule has 1 saturated heterocycles. The number of Topliss-reactive ketones (excluding diaryl/α,β-unsaturated/α-hetero) is 1. The lowest BCUT2D eigenvalue weighted by atomic mass is 9.95. The normalized spacial score (nSPS) is 17.4. The van der Waals surface area contributed by atoms with Gasteiger partial charge < -0.3 is 10.2 Å². The van der Waals surface area contributed by atoms with E-state index in [2.05, 4.69) is 0 Å². The highest BCUT2D eigenvalue weighted by Gasteiger charge is 2.46. The molecule has 0 aromatic heterocycles. The van der Waals surface area contributed by atoms with Crippen LogP contribution in [0.15, 0.2) is 78.4 Å². The van der Waals surface area contributed by atoms with Gasteiger partial charge in [0, 0.05) is 11.3 Å². The summed E-state index contributed by atoms with van der Waals surface area (Å²) in [5.41, 5.74) is 1.73. The Kier molecular flexibility index (Phi) is 6.22. The molecule has 8 heteroatoms. The van der Waals surface area contributed by atoms with Gasteiger partial charge >= 0.3 is 5.97 Å². The molecular weight excluding hydrogens is 465 g/mol. The van der Waals surface area contributed by atoms with Crippen LogP contribution >= 0.6 is 23.2 Å². The van der Waals surface area contributed by atoms with Crippen LogP contribution < -0.4 is 4.90 Å². The molecule has 0 spiro atoms. The molecule has 1 aliphatic heterocycles. The summed E-state index contributed by atoms with van der Waals surface area (Å²) in [4.78, 5) is 38.5. The second-order valence-electron chi connectivity index (χ2n) is 7.45. The maximum atomic E-state index is 13.1. The number of rotatable bonds is 5. The number of benzene rings is 3. The first-order valence-corrected chi connectivity index (χ1v) is 10.7. The third-order valence-corrected chi connectivity index (χ3v) is 6.06. The van der Waals surface area contributed by atoms with Crippen molar-refractivity contribution in [3.63, 3.8) is 0 Å². The smallest absolute Gasteiger partial charge is 0.307 e. The average molecular weight is 482 g/mol. The van der Waals surface area contributed by atoms with Gasteiger partial charge in [-0.1, -0.05) is 65.7 Å². The third-order valence-electron chi connectivity index (χ3n) is 5.32. The summed E-state index contributed by atoms with van der Waals surface area (Å²) in [7, 11) is 0. The lowest BCUT2D eigenvalue weighted by molar-refractivity contribution is -0.136. The van der Waals surface area contributed by atoms with Crippen LogP contribution in [0.5, 0.6) is 0 Å². The van der Waals surface area contributed by atoms with Gasteiger partial charge in [0.15, 0.2) is 0 Å². The second kappa shape index (κ2) is 9.10. The monoisotopic (exact) mass is 481 g/mol. The summed E-state index contributed by atoms with van der Waals surface area (Å²) in [5, 5.41) is 20.6. The summed E-state index contributed by atoms with van der Waals surface area (Å²) in [6, 6.07) is 18.7. The van der Waals surface area contributed by atoms with E-state index in [1.807, 2.05) is 0 Å². The Hall–Kier alpha value is -3.61.